The molecule has 0 radical (unpaired) electrons. The summed E-state index contributed by atoms with van der Waals surface area (Å²) in [4.78, 5) is 41.1. The maximum Gasteiger partial charge on any atom is 0.341 e. The van der Waals surface area contributed by atoms with Gasteiger partial charge in [0.25, 0.3) is 5.91 Å². The van der Waals surface area contributed by atoms with Crippen LogP contribution in [0.25, 0.3) is 10.9 Å². The third kappa shape index (κ3) is 3.89. The summed E-state index contributed by atoms with van der Waals surface area (Å²) in [5, 5.41) is 9.39. The molecule has 7 heteroatoms. The molecule has 2 aromatic carbocycles. The summed E-state index contributed by atoms with van der Waals surface area (Å²) in [6.45, 7) is 3.80. The Labute approximate surface area is 166 Å². The quantitative estimate of drug-likeness (QED) is 0.686. The zero-order valence-electron chi connectivity index (χ0n) is 16.3. The summed E-state index contributed by atoms with van der Waals surface area (Å²) in [5.41, 5.74) is -0.193. The van der Waals surface area contributed by atoms with Crippen molar-refractivity contribution in [1.29, 1.82) is 0 Å². The fourth-order valence-electron chi connectivity index (χ4n) is 3.28. The molecule has 150 valence electrons. The minimum atomic E-state index is -1.36. The van der Waals surface area contributed by atoms with Crippen molar-refractivity contribution in [3.05, 3.63) is 75.3 Å². The number of nitrogens with one attached hydrogen (secondary N) is 1. The second kappa shape index (κ2) is 7.87. The van der Waals surface area contributed by atoms with Crippen LogP contribution in [0.2, 0.25) is 0 Å². The topological polar surface area (TPSA) is 90.5 Å². The van der Waals surface area contributed by atoms with Gasteiger partial charge in [-0.25, -0.2) is 9.18 Å². The molecule has 2 N–H and O–H groups in total. The summed E-state index contributed by atoms with van der Waals surface area (Å²) in [6.07, 6.45) is 0.346. The standard InChI is InChI=1S/C22H21FN2O4/c1-12(2)9-17-19(22(28)29)20(26)14-10-15(23)18(11-16(14)24-17)25(3)21(27)13-7-5-4-6-8-13/h4-8,10-12H,9H2,1-3H3,(H,24,26)(H,28,29). The third-order valence-corrected chi connectivity index (χ3v) is 4.66. The van der Waals surface area contributed by atoms with Gasteiger partial charge >= 0.3 is 5.97 Å². The zero-order valence-corrected chi connectivity index (χ0v) is 16.3. The number of rotatable bonds is 5. The highest BCUT2D eigenvalue weighted by Crippen LogP contribution is 2.25. The Morgan fingerprint density at radius 2 is 1.83 bits per heavy atom. The highest BCUT2D eigenvalue weighted by Gasteiger charge is 2.22. The van der Waals surface area contributed by atoms with Gasteiger partial charge in [-0.1, -0.05) is 32.0 Å². The molecule has 3 aromatic rings. The first-order chi connectivity index (χ1) is 13.7. The van der Waals surface area contributed by atoms with Gasteiger partial charge in [0.05, 0.1) is 11.2 Å². The smallest absolute Gasteiger partial charge is 0.341 e. The lowest BCUT2D eigenvalue weighted by molar-refractivity contribution is 0.0693. The van der Waals surface area contributed by atoms with E-state index in [0.29, 0.717) is 12.0 Å². The van der Waals surface area contributed by atoms with Crippen LogP contribution in [-0.4, -0.2) is 29.0 Å². The Morgan fingerprint density at radius 1 is 1.17 bits per heavy atom. The number of aromatic carboxylic acids is 1. The number of hydrogen-bond acceptors (Lipinski definition) is 3. The third-order valence-electron chi connectivity index (χ3n) is 4.66. The van der Waals surface area contributed by atoms with Gasteiger partial charge in [-0.05, 0) is 36.6 Å². The predicted molar refractivity (Wildman–Crippen MR) is 109 cm³/mol. The second-order valence-corrected chi connectivity index (χ2v) is 7.29. The number of carboxylic acid groups (broad SMARTS) is 1. The number of aromatic amines is 1. The van der Waals surface area contributed by atoms with E-state index in [4.69, 9.17) is 0 Å². The van der Waals surface area contributed by atoms with Crippen LogP contribution in [0.3, 0.4) is 0 Å². The molecule has 0 aliphatic carbocycles. The van der Waals surface area contributed by atoms with Gasteiger partial charge in [0.2, 0.25) is 5.43 Å². The van der Waals surface area contributed by atoms with Crippen LogP contribution in [-0.2, 0) is 6.42 Å². The van der Waals surface area contributed by atoms with E-state index >= 15 is 0 Å². The highest BCUT2D eigenvalue weighted by molar-refractivity contribution is 6.06. The molecule has 1 amide bonds. The van der Waals surface area contributed by atoms with Gasteiger partial charge in [-0.3, -0.25) is 9.59 Å². The van der Waals surface area contributed by atoms with Crippen molar-refractivity contribution >= 4 is 28.5 Å². The SMILES string of the molecule is CC(C)Cc1[nH]c2cc(N(C)C(=O)c3ccccc3)c(F)cc2c(=O)c1C(=O)O. The minimum absolute atomic E-state index is 0.0134. The predicted octanol–water partition coefficient (Wildman–Crippen LogP) is 3.84. The van der Waals surface area contributed by atoms with Crippen molar-refractivity contribution < 1.29 is 19.1 Å². The number of nitrogens with zero attached hydrogens (tertiary/aromatic N) is 1. The minimum Gasteiger partial charge on any atom is -0.477 e. The van der Waals surface area contributed by atoms with Crippen LogP contribution in [0.5, 0.6) is 0 Å². The molecule has 0 aliphatic heterocycles. The fraction of sp³-hybridized carbons (Fsp3) is 0.227. The van der Waals surface area contributed by atoms with Gasteiger partial charge in [0, 0.05) is 23.7 Å². The maximum atomic E-state index is 14.8. The van der Waals surface area contributed by atoms with Crippen LogP contribution in [0, 0.1) is 11.7 Å². The normalized spacial score (nSPS) is 11.1. The molecular formula is C22H21FN2O4. The molecule has 0 fully saturated rings. The molecule has 0 bridgehead atoms. The first-order valence-electron chi connectivity index (χ1n) is 9.15. The number of carbonyl (C=O) groups is 2. The Bertz CT molecular complexity index is 1150. The molecule has 0 spiro atoms. The Hall–Kier alpha value is -3.48. The Balaban J connectivity index is 2.17. The van der Waals surface area contributed by atoms with Gasteiger partial charge in [-0.2, -0.15) is 0 Å². The van der Waals surface area contributed by atoms with Crippen LogP contribution in [0.15, 0.2) is 47.3 Å². The van der Waals surface area contributed by atoms with Gasteiger partial charge < -0.3 is 15.0 Å². The Morgan fingerprint density at radius 3 is 2.41 bits per heavy atom. The monoisotopic (exact) mass is 396 g/mol. The molecule has 0 aliphatic rings. The molecule has 3 rings (SSSR count). The molecule has 0 saturated carbocycles. The number of H-pyrrole nitrogens is 1. The van der Waals surface area contributed by atoms with Crippen molar-refractivity contribution in [2.45, 2.75) is 20.3 Å². The lowest BCUT2D eigenvalue weighted by Gasteiger charge is -2.19. The van der Waals surface area contributed by atoms with Crippen molar-refractivity contribution in [2.24, 2.45) is 5.92 Å². The molecule has 1 heterocycles. The Kier molecular flexibility index (Phi) is 5.50. The number of halogens is 1. The first kappa shape index (κ1) is 20.3. The largest absolute Gasteiger partial charge is 0.477 e. The number of pyridine rings is 1. The van der Waals surface area contributed by atoms with Gasteiger partial charge in [-0.15, -0.1) is 0 Å². The summed E-state index contributed by atoms with van der Waals surface area (Å²) < 4.78 is 14.8. The molecular weight excluding hydrogens is 375 g/mol. The van der Waals surface area contributed by atoms with Crippen LogP contribution >= 0.6 is 0 Å². The van der Waals surface area contributed by atoms with Crippen molar-refractivity contribution in [1.82, 2.24) is 4.98 Å². The average Bonchev–Trinajstić information content (AvgIpc) is 2.67. The van der Waals surface area contributed by atoms with Crippen LogP contribution in [0.4, 0.5) is 10.1 Å². The molecule has 0 atom stereocenters. The lowest BCUT2D eigenvalue weighted by atomic mass is 10.0. The molecule has 0 saturated heterocycles. The lowest BCUT2D eigenvalue weighted by Crippen LogP contribution is -2.27. The van der Waals surface area contributed by atoms with E-state index in [9.17, 15) is 23.9 Å². The van der Waals surface area contributed by atoms with Crippen molar-refractivity contribution in [3.8, 4) is 0 Å². The number of benzene rings is 2. The molecule has 29 heavy (non-hydrogen) atoms. The van der Waals surface area contributed by atoms with E-state index in [1.54, 1.807) is 30.3 Å². The van der Waals surface area contributed by atoms with E-state index in [0.717, 1.165) is 11.0 Å². The number of fused-ring (bicyclic) bond motifs is 1. The summed E-state index contributed by atoms with van der Waals surface area (Å²) in [6, 6.07) is 10.8. The number of carboxylic acids is 1. The maximum absolute atomic E-state index is 14.8. The molecule has 1 aromatic heterocycles. The highest BCUT2D eigenvalue weighted by atomic mass is 19.1. The second-order valence-electron chi connectivity index (χ2n) is 7.29. The summed E-state index contributed by atoms with van der Waals surface area (Å²) in [7, 11) is 1.44. The molecule has 6 nitrogen and oxygen atoms in total. The van der Waals surface area contributed by atoms with Gasteiger partial charge in [0.15, 0.2) is 0 Å². The first-order valence-corrected chi connectivity index (χ1v) is 9.15. The van der Waals surface area contributed by atoms with Crippen LogP contribution in [0.1, 0.15) is 40.3 Å². The van der Waals surface area contributed by atoms with E-state index < -0.39 is 23.1 Å². The van der Waals surface area contributed by atoms with Crippen molar-refractivity contribution in [2.75, 3.05) is 11.9 Å². The van der Waals surface area contributed by atoms with E-state index in [2.05, 4.69) is 4.98 Å². The summed E-state index contributed by atoms with van der Waals surface area (Å²) in [5.74, 6) is -2.45. The van der Waals surface area contributed by atoms with E-state index in [1.165, 1.54) is 13.1 Å². The molecule has 0 unspecified atom stereocenters. The number of amides is 1. The summed E-state index contributed by atoms with van der Waals surface area (Å²) >= 11 is 0. The van der Waals surface area contributed by atoms with Gasteiger partial charge in [0.1, 0.15) is 11.4 Å². The number of aromatic nitrogens is 1. The van der Waals surface area contributed by atoms with E-state index in [1.807, 2.05) is 13.8 Å². The fourth-order valence-corrected chi connectivity index (χ4v) is 3.28. The zero-order chi connectivity index (χ0) is 21.3. The number of anilines is 1. The average molecular weight is 396 g/mol. The number of carbonyl (C=O) groups excluding carboxylic acids is 1. The van der Waals surface area contributed by atoms with E-state index in [-0.39, 0.29) is 33.8 Å². The van der Waals surface area contributed by atoms with Crippen molar-refractivity contribution in [3.63, 3.8) is 0 Å². The number of hydrogen-bond donors (Lipinski definition) is 2. The van der Waals surface area contributed by atoms with Crippen LogP contribution < -0.4 is 10.3 Å².